The van der Waals surface area contributed by atoms with Gasteiger partial charge in [-0.3, -0.25) is 0 Å². The third-order valence-corrected chi connectivity index (χ3v) is 8.01. The molecule has 0 bridgehead atoms. The molecule has 3 rings (SSSR count). The summed E-state index contributed by atoms with van der Waals surface area (Å²) >= 11 is 3.32. The Labute approximate surface area is 169 Å². The Morgan fingerprint density at radius 3 is 2.48 bits per heavy atom. The van der Waals surface area contributed by atoms with E-state index < -0.39 is 10.2 Å². The van der Waals surface area contributed by atoms with E-state index in [0.717, 1.165) is 47.2 Å². The zero-order valence-corrected chi connectivity index (χ0v) is 18.6. The molecule has 27 heavy (non-hydrogen) atoms. The van der Waals surface area contributed by atoms with E-state index >= 15 is 0 Å². The lowest BCUT2D eigenvalue weighted by molar-refractivity contribution is 0.335. The van der Waals surface area contributed by atoms with Crippen LogP contribution in [0.25, 0.3) is 11.4 Å². The largest absolute Gasteiger partial charge is 0.359 e. The molecule has 2 aromatic heterocycles. The second kappa shape index (κ2) is 8.52. The van der Waals surface area contributed by atoms with Crippen molar-refractivity contribution in [2.24, 2.45) is 5.92 Å². The van der Waals surface area contributed by atoms with E-state index in [1.54, 1.807) is 36.8 Å². The summed E-state index contributed by atoms with van der Waals surface area (Å²) in [7, 11) is -0.248. The van der Waals surface area contributed by atoms with Gasteiger partial charge in [-0.15, -0.1) is 22.7 Å². The van der Waals surface area contributed by atoms with Crippen LogP contribution in [0.3, 0.4) is 0 Å². The lowest BCUT2D eigenvalue weighted by Crippen LogP contribution is -2.39. The average Bonchev–Trinajstić information content (AvgIpc) is 3.20. The Bertz CT molecular complexity index is 867. The fourth-order valence-electron chi connectivity index (χ4n) is 3.25. The van der Waals surface area contributed by atoms with Crippen LogP contribution in [0.2, 0.25) is 0 Å². The van der Waals surface area contributed by atoms with Crippen molar-refractivity contribution in [3.8, 4) is 11.4 Å². The highest BCUT2D eigenvalue weighted by atomic mass is 32.2. The maximum atomic E-state index is 11.8. The van der Waals surface area contributed by atoms with Crippen LogP contribution in [0.5, 0.6) is 0 Å². The molecule has 0 atom stereocenters. The highest BCUT2D eigenvalue weighted by molar-refractivity contribution is 7.87. The van der Waals surface area contributed by atoms with Crippen molar-refractivity contribution in [3.05, 3.63) is 15.3 Å². The van der Waals surface area contributed by atoms with Crippen molar-refractivity contribution in [2.75, 3.05) is 26.0 Å². The number of anilines is 1. The van der Waals surface area contributed by atoms with Crippen LogP contribution in [-0.4, -0.2) is 49.4 Å². The molecule has 1 saturated carbocycles. The Hall–Kier alpha value is -1.07. The first-order chi connectivity index (χ1) is 12.7. The number of nitrogens with one attached hydrogen (secondary N) is 2. The average molecular weight is 430 g/mol. The summed E-state index contributed by atoms with van der Waals surface area (Å²) in [6, 6.07) is 0.393. The predicted octanol–water partition coefficient (Wildman–Crippen LogP) is 3.25. The van der Waals surface area contributed by atoms with Crippen molar-refractivity contribution < 1.29 is 8.42 Å². The molecule has 0 saturated heterocycles. The fourth-order valence-corrected chi connectivity index (χ4v) is 5.56. The summed E-state index contributed by atoms with van der Waals surface area (Å²) in [6.45, 7) is 4.61. The monoisotopic (exact) mass is 429 g/mol. The van der Waals surface area contributed by atoms with Crippen LogP contribution in [0, 0.1) is 19.8 Å². The first kappa shape index (κ1) is 20.7. The van der Waals surface area contributed by atoms with E-state index in [1.807, 2.05) is 6.92 Å². The Balaban J connectivity index is 1.49. The summed E-state index contributed by atoms with van der Waals surface area (Å²) < 4.78 is 27.5. The third-order valence-electron chi connectivity index (χ3n) is 4.86. The summed E-state index contributed by atoms with van der Waals surface area (Å²) in [4.78, 5) is 10.5. The van der Waals surface area contributed by atoms with Gasteiger partial charge in [-0.2, -0.15) is 12.7 Å². The van der Waals surface area contributed by atoms with Crippen LogP contribution in [0.4, 0.5) is 5.13 Å². The van der Waals surface area contributed by atoms with Gasteiger partial charge in [-0.25, -0.2) is 14.7 Å². The van der Waals surface area contributed by atoms with Gasteiger partial charge in [0.2, 0.25) is 0 Å². The summed E-state index contributed by atoms with van der Waals surface area (Å²) in [5.74, 6) is 0.394. The van der Waals surface area contributed by atoms with Gasteiger partial charge in [0, 0.05) is 36.9 Å². The van der Waals surface area contributed by atoms with E-state index in [2.05, 4.69) is 27.3 Å². The van der Waals surface area contributed by atoms with Gasteiger partial charge >= 0.3 is 0 Å². The molecule has 1 aliphatic rings. The van der Waals surface area contributed by atoms with Crippen molar-refractivity contribution in [3.63, 3.8) is 0 Å². The SMILES string of the molecule is Cc1nc(-c2csc(NC3CCC(CNS(=O)(=O)N(C)C)CC3)n2)c(C)s1. The topological polar surface area (TPSA) is 87.2 Å². The molecule has 10 heteroatoms. The van der Waals surface area contributed by atoms with Gasteiger partial charge < -0.3 is 5.32 Å². The minimum absolute atomic E-state index is 0.393. The first-order valence-electron chi connectivity index (χ1n) is 9.08. The number of hydrogen-bond acceptors (Lipinski definition) is 7. The van der Waals surface area contributed by atoms with Crippen molar-refractivity contribution in [2.45, 2.75) is 45.6 Å². The van der Waals surface area contributed by atoms with Crippen molar-refractivity contribution in [1.82, 2.24) is 19.0 Å². The minimum Gasteiger partial charge on any atom is -0.359 e. The van der Waals surface area contributed by atoms with Crippen LogP contribution >= 0.6 is 22.7 Å². The molecule has 0 spiro atoms. The van der Waals surface area contributed by atoms with Gasteiger partial charge in [0.1, 0.15) is 11.4 Å². The summed E-state index contributed by atoms with van der Waals surface area (Å²) in [5.41, 5.74) is 1.93. The van der Waals surface area contributed by atoms with Gasteiger partial charge in [0.05, 0.1) is 5.01 Å². The summed E-state index contributed by atoms with van der Waals surface area (Å²) in [6.07, 6.45) is 4.07. The fraction of sp³-hybridized carbons (Fsp3) is 0.647. The molecule has 0 radical (unpaired) electrons. The second-order valence-electron chi connectivity index (χ2n) is 7.17. The number of thiazole rings is 2. The maximum absolute atomic E-state index is 11.8. The van der Waals surface area contributed by atoms with Crippen molar-refractivity contribution in [1.29, 1.82) is 0 Å². The summed E-state index contributed by atoms with van der Waals surface area (Å²) in [5, 5.41) is 7.61. The predicted molar refractivity (Wildman–Crippen MR) is 113 cm³/mol. The quantitative estimate of drug-likeness (QED) is 0.705. The maximum Gasteiger partial charge on any atom is 0.278 e. The van der Waals surface area contributed by atoms with Gasteiger partial charge in [-0.1, -0.05) is 0 Å². The standard InChI is InChI=1S/C17H27N5O2S3/c1-11-16(19-12(2)26-11)15-10-25-17(21-15)20-14-7-5-13(6-8-14)9-18-27(23,24)22(3)4/h10,13-14,18H,5-9H2,1-4H3,(H,20,21). The van der Waals surface area contributed by atoms with E-state index in [9.17, 15) is 8.42 Å². The highest BCUT2D eigenvalue weighted by Gasteiger charge is 2.24. The number of aryl methyl sites for hydroxylation is 2. The van der Waals surface area contributed by atoms with E-state index in [0.29, 0.717) is 18.5 Å². The number of hydrogen-bond donors (Lipinski definition) is 2. The van der Waals surface area contributed by atoms with E-state index in [-0.39, 0.29) is 0 Å². The zero-order chi connectivity index (χ0) is 19.6. The van der Waals surface area contributed by atoms with Crippen LogP contribution in [0.15, 0.2) is 5.38 Å². The molecule has 1 fully saturated rings. The van der Waals surface area contributed by atoms with Crippen LogP contribution in [0.1, 0.15) is 35.6 Å². The molecule has 2 N–H and O–H groups in total. The Kier molecular flexibility index (Phi) is 6.52. The molecular weight excluding hydrogens is 402 g/mol. The van der Waals surface area contributed by atoms with Gasteiger partial charge in [0.15, 0.2) is 5.13 Å². The Morgan fingerprint density at radius 2 is 1.89 bits per heavy atom. The van der Waals surface area contributed by atoms with Gasteiger partial charge in [-0.05, 0) is 45.4 Å². The normalized spacial score (nSPS) is 20.9. The second-order valence-corrected chi connectivity index (χ2v) is 11.4. The number of rotatable bonds is 7. The molecule has 2 heterocycles. The zero-order valence-electron chi connectivity index (χ0n) is 16.2. The molecule has 0 aliphatic heterocycles. The lowest BCUT2D eigenvalue weighted by atomic mass is 9.86. The molecular formula is C17H27N5O2S3. The van der Waals surface area contributed by atoms with Crippen molar-refractivity contribution >= 4 is 38.0 Å². The Morgan fingerprint density at radius 1 is 1.19 bits per heavy atom. The molecule has 1 aliphatic carbocycles. The third kappa shape index (κ3) is 5.26. The van der Waals surface area contributed by atoms with E-state index in [1.165, 1.54) is 9.18 Å². The van der Waals surface area contributed by atoms with Crippen LogP contribution < -0.4 is 10.0 Å². The van der Waals surface area contributed by atoms with Crippen LogP contribution in [-0.2, 0) is 10.2 Å². The number of nitrogens with zero attached hydrogens (tertiary/aromatic N) is 3. The molecule has 0 unspecified atom stereocenters. The molecule has 0 aromatic carbocycles. The number of aromatic nitrogens is 2. The molecule has 0 amide bonds. The molecule has 7 nitrogen and oxygen atoms in total. The van der Waals surface area contributed by atoms with Gasteiger partial charge in [0.25, 0.3) is 10.2 Å². The highest BCUT2D eigenvalue weighted by Crippen LogP contribution is 2.32. The first-order valence-corrected chi connectivity index (χ1v) is 12.2. The van der Waals surface area contributed by atoms with E-state index in [4.69, 9.17) is 4.98 Å². The molecule has 2 aromatic rings. The molecule has 150 valence electrons. The minimum atomic E-state index is -3.33. The smallest absolute Gasteiger partial charge is 0.278 e. The lowest BCUT2D eigenvalue weighted by Gasteiger charge is -2.29.